The molecule has 0 aliphatic rings. The summed E-state index contributed by atoms with van der Waals surface area (Å²) in [5.74, 6) is 0.0293. The van der Waals surface area contributed by atoms with Gasteiger partial charge >= 0.3 is 0 Å². The minimum Gasteiger partial charge on any atom is -0.371 e. The van der Waals surface area contributed by atoms with Crippen molar-refractivity contribution in [2.75, 3.05) is 18.1 Å². The standard InChI is InChI=1S/C10H14F2N2S/c1-6(2)5-15-10-8(12)4-7(11)9(13-3)14-10/h4,6H,5H2,1-3H3,(H,13,14). The molecule has 0 unspecified atom stereocenters. The third-order valence-electron chi connectivity index (χ3n) is 1.69. The molecule has 0 bridgehead atoms. The highest BCUT2D eigenvalue weighted by atomic mass is 32.2. The van der Waals surface area contributed by atoms with Crippen LogP contribution in [0.3, 0.4) is 0 Å². The molecule has 0 saturated carbocycles. The quantitative estimate of drug-likeness (QED) is 0.807. The van der Waals surface area contributed by atoms with Gasteiger partial charge in [0.2, 0.25) is 0 Å². The van der Waals surface area contributed by atoms with Gasteiger partial charge in [-0.25, -0.2) is 13.8 Å². The van der Waals surface area contributed by atoms with Crippen LogP contribution in [0.5, 0.6) is 0 Å². The van der Waals surface area contributed by atoms with E-state index >= 15 is 0 Å². The van der Waals surface area contributed by atoms with E-state index in [-0.39, 0.29) is 10.8 Å². The SMILES string of the molecule is CNc1nc(SCC(C)C)c(F)cc1F. The predicted molar refractivity (Wildman–Crippen MR) is 59.3 cm³/mol. The lowest BCUT2D eigenvalue weighted by molar-refractivity contribution is 0.551. The summed E-state index contributed by atoms with van der Waals surface area (Å²) in [4.78, 5) is 3.86. The van der Waals surface area contributed by atoms with E-state index in [1.54, 1.807) is 7.05 Å². The molecule has 84 valence electrons. The number of thioether (sulfide) groups is 1. The zero-order chi connectivity index (χ0) is 11.4. The Hall–Kier alpha value is -0.840. The Morgan fingerprint density at radius 2 is 2.07 bits per heavy atom. The van der Waals surface area contributed by atoms with Crippen LogP contribution in [0, 0.1) is 17.6 Å². The van der Waals surface area contributed by atoms with Crippen molar-refractivity contribution < 1.29 is 8.78 Å². The van der Waals surface area contributed by atoms with Crippen LogP contribution in [0.15, 0.2) is 11.1 Å². The normalized spacial score (nSPS) is 10.8. The number of nitrogens with zero attached hydrogens (tertiary/aromatic N) is 1. The molecule has 1 aromatic heterocycles. The van der Waals surface area contributed by atoms with Gasteiger partial charge in [-0.1, -0.05) is 13.8 Å². The maximum absolute atomic E-state index is 13.3. The molecule has 1 rings (SSSR count). The second kappa shape index (κ2) is 5.30. The van der Waals surface area contributed by atoms with Crippen molar-refractivity contribution in [3.8, 4) is 0 Å². The molecule has 0 aliphatic carbocycles. The molecule has 0 radical (unpaired) electrons. The second-order valence-electron chi connectivity index (χ2n) is 3.56. The average Bonchev–Trinajstić information content (AvgIpc) is 2.16. The number of halogens is 2. The Kier molecular flexibility index (Phi) is 4.32. The topological polar surface area (TPSA) is 24.9 Å². The van der Waals surface area contributed by atoms with Crippen LogP contribution in [-0.2, 0) is 0 Å². The summed E-state index contributed by atoms with van der Waals surface area (Å²) >= 11 is 1.30. The lowest BCUT2D eigenvalue weighted by atomic mass is 10.3. The summed E-state index contributed by atoms with van der Waals surface area (Å²) in [5.41, 5.74) is 0. The Balaban J connectivity index is 2.87. The number of rotatable bonds is 4. The highest BCUT2D eigenvalue weighted by Gasteiger charge is 2.11. The Bertz CT molecular complexity index is 342. The Labute approximate surface area is 92.5 Å². The number of hydrogen-bond acceptors (Lipinski definition) is 3. The van der Waals surface area contributed by atoms with E-state index in [4.69, 9.17) is 0 Å². The van der Waals surface area contributed by atoms with Gasteiger partial charge in [-0.3, -0.25) is 0 Å². The first-order valence-electron chi connectivity index (χ1n) is 4.71. The van der Waals surface area contributed by atoms with Crippen molar-refractivity contribution in [2.45, 2.75) is 18.9 Å². The lowest BCUT2D eigenvalue weighted by Crippen LogP contribution is -2.01. The first-order chi connectivity index (χ1) is 7.04. The van der Waals surface area contributed by atoms with E-state index in [0.717, 1.165) is 11.8 Å². The van der Waals surface area contributed by atoms with Gasteiger partial charge < -0.3 is 5.32 Å². The third kappa shape index (κ3) is 3.34. The van der Waals surface area contributed by atoms with Crippen molar-refractivity contribution in [3.05, 3.63) is 17.7 Å². The van der Waals surface area contributed by atoms with E-state index in [9.17, 15) is 8.78 Å². The van der Waals surface area contributed by atoms with Gasteiger partial charge in [0.05, 0.1) is 0 Å². The zero-order valence-corrected chi connectivity index (χ0v) is 9.79. The summed E-state index contributed by atoms with van der Waals surface area (Å²) < 4.78 is 26.3. The monoisotopic (exact) mass is 232 g/mol. The number of hydrogen-bond donors (Lipinski definition) is 1. The first-order valence-corrected chi connectivity index (χ1v) is 5.69. The van der Waals surface area contributed by atoms with Crippen LogP contribution < -0.4 is 5.32 Å². The predicted octanol–water partition coefficient (Wildman–Crippen LogP) is 3.15. The smallest absolute Gasteiger partial charge is 0.168 e. The Morgan fingerprint density at radius 1 is 1.40 bits per heavy atom. The van der Waals surface area contributed by atoms with E-state index in [0.29, 0.717) is 5.92 Å². The van der Waals surface area contributed by atoms with Gasteiger partial charge in [-0.05, 0) is 5.92 Å². The van der Waals surface area contributed by atoms with Crippen molar-refractivity contribution in [2.24, 2.45) is 5.92 Å². The fraction of sp³-hybridized carbons (Fsp3) is 0.500. The number of aromatic nitrogens is 1. The van der Waals surface area contributed by atoms with Crippen molar-refractivity contribution in [1.29, 1.82) is 0 Å². The van der Waals surface area contributed by atoms with Crippen LogP contribution in [0.4, 0.5) is 14.6 Å². The highest BCUT2D eigenvalue weighted by molar-refractivity contribution is 7.99. The van der Waals surface area contributed by atoms with Gasteiger partial charge in [0, 0.05) is 18.9 Å². The maximum Gasteiger partial charge on any atom is 0.168 e. The molecule has 15 heavy (non-hydrogen) atoms. The molecule has 0 amide bonds. The summed E-state index contributed by atoms with van der Waals surface area (Å²) in [6.45, 7) is 4.07. The van der Waals surface area contributed by atoms with Crippen molar-refractivity contribution >= 4 is 17.6 Å². The molecular formula is C10H14F2N2S. The molecule has 0 aromatic carbocycles. The Morgan fingerprint density at radius 3 is 2.60 bits per heavy atom. The third-order valence-corrected chi connectivity index (χ3v) is 3.08. The van der Waals surface area contributed by atoms with Crippen molar-refractivity contribution in [1.82, 2.24) is 4.98 Å². The van der Waals surface area contributed by atoms with Gasteiger partial charge in [-0.15, -0.1) is 11.8 Å². The average molecular weight is 232 g/mol. The van der Waals surface area contributed by atoms with E-state index in [2.05, 4.69) is 10.3 Å². The molecule has 2 nitrogen and oxygen atoms in total. The van der Waals surface area contributed by atoms with Crippen LogP contribution in [0.25, 0.3) is 0 Å². The van der Waals surface area contributed by atoms with Gasteiger partial charge in [0.15, 0.2) is 17.5 Å². The van der Waals surface area contributed by atoms with Gasteiger partial charge in [-0.2, -0.15) is 0 Å². The van der Waals surface area contributed by atoms with Crippen LogP contribution in [-0.4, -0.2) is 17.8 Å². The van der Waals surface area contributed by atoms with E-state index in [1.165, 1.54) is 11.8 Å². The summed E-state index contributed by atoms with van der Waals surface area (Å²) in [7, 11) is 1.56. The van der Waals surface area contributed by atoms with E-state index in [1.807, 2.05) is 13.8 Å². The minimum absolute atomic E-state index is 0.0858. The summed E-state index contributed by atoms with van der Waals surface area (Å²) in [5, 5.41) is 2.83. The molecule has 0 saturated heterocycles. The van der Waals surface area contributed by atoms with E-state index < -0.39 is 11.6 Å². The lowest BCUT2D eigenvalue weighted by Gasteiger charge is -2.07. The van der Waals surface area contributed by atoms with Gasteiger partial charge in [0.25, 0.3) is 0 Å². The molecule has 0 fully saturated rings. The number of nitrogens with one attached hydrogen (secondary N) is 1. The molecule has 0 aliphatic heterocycles. The van der Waals surface area contributed by atoms with Crippen LogP contribution in [0.1, 0.15) is 13.8 Å². The van der Waals surface area contributed by atoms with Gasteiger partial charge in [0.1, 0.15) is 5.03 Å². The minimum atomic E-state index is -0.663. The number of anilines is 1. The highest BCUT2D eigenvalue weighted by Crippen LogP contribution is 2.25. The zero-order valence-electron chi connectivity index (χ0n) is 8.97. The van der Waals surface area contributed by atoms with Crippen LogP contribution >= 0.6 is 11.8 Å². The molecule has 1 aromatic rings. The largest absolute Gasteiger partial charge is 0.371 e. The fourth-order valence-electron chi connectivity index (χ4n) is 0.972. The van der Waals surface area contributed by atoms with Crippen LogP contribution in [0.2, 0.25) is 0 Å². The fourth-order valence-corrected chi connectivity index (χ4v) is 1.82. The van der Waals surface area contributed by atoms with Crippen molar-refractivity contribution in [3.63, 3.8) is 0 Å². The molecular weight excluding hydrogens is 218 g/mol. The summed E-state index contributed by atoms with van der Waals surface area (Å²) in [6, 6.07) is 0.863. The second-order valence-corrected chi connectivity index (χ2v) is 4.57. The molecule has 1 heterocycles. The molecule has 5 heteroatoms. The number of pyridine rings is 1. The molecule has 0 spiro atoms. The maximum atomic E-state index is 13.3. The first kappa shape index (κ1) is 12.2. The molecule has 0 atom stereocenters. The summed E-state index contributed by atoms with van der Waals surface area (Å²) in [6.07, 6.45) is 0. The molecule has 1 N–H and O–H groups in total.